The van der Waals surface area contributed by atoms with E-state index in [1.54, 1.807) is 6.07 Å². The van der Waals surface area contributed by atoms with Crippen LogP contribution in [0.3, 0.4) is 0 Å². The van der Waals surface area contributed by atoms with Crippen LogP contribution in [0, 0.1) is 0 Å². The largest absolute Gasteiger partial charge is 0.482 e. The lowest BCUT2D eigenvalue weighted by Gasteiger charge is -2.31. The molecule has 30 heavy (non-hydrogen) atoms. The van der Waals surface area contributed by atoms with E-state index in [0.717, 1.165) is 11.1 Å². The van der Waals surface area contributed by atoms with Gasteiger partial charge in [0.1, 0.15) is 5.75 Å². The number of carbonyl (C=O) groups is 1. The van der Waals surface area contributed by atoms with Crippen LogP contribution in [0.4, 0.5) is 0 Å². The minimum absolute atomic E-state index is 0.0508. The Morgan fingerprint density at radius 1 is 1.13 bits per heavy atom. The molecular weight excluding hydrogens is 424 g/mol. The van der Waals surface area contributed by atoms with Crippen molar-refractivity contribution in [1.82, 2.24) is 9.62 Å². The van der Waals surface area contributed by atoms with Crippen molar-refractivity contribution in [2.24, 2.45) is 0 Å². The highest BCUT2D eigenvalue weighted by Crippen LogP contribution is 2.30. The summed E-state index contributed by atoms with van der Waals surface area (Å²) in [4.78, 5) is 12.3. The van der Waals surface area contributed by atoms with Crippen LogP contribution in [-0.4, -0.2) is 50.1 Å². The van der Waals surface area contributed by atoms with E-state index in [9.17, 15) is 13.2 Å². The van der Waals surface area contributed by atoms with E-state index in [-0.39, 0.29) is 24.3 Å². The fraction of sp³-hybridized carbons (Fsp3) is 0.409. The number of sulfonamides is 1. The van der Waals surface area contributed by atoms with E-state index >= 15 is 0 Å². The second-order valence-electron chi connectivity index (χ2n) is 7.36. The van der Waals surface area contributed by atoms with E-state index < -0.39 is 10.0 Å². The van der Waals surface area contributed by atoms with Gasteiger partial charge in [-0.15, -0.1) is 0 Å². The zero-order valence-electron chi connectivity index (χ0n) is 17.0. The summed E-state index contributed by atoms with van der Waals surface area (Å²) in [7, 11) is -3.18. The lowest BCUT2D eigenvalue weighted by atomic mass is 10.1. The fourth-order valence-corrected chi connectivity index (χ4v) is 5.28. The van der Waals surface area contributed by atoms with Gasteiger partial charge in [0.25, 0.3) is 5.91 Å². The van der Waals surface area contributed by atoms with Crippen LogP contribution < -0.4 is 10.1 Å². The van der Waals surface area contributed by atoms with Crippen molar-refractivity contribution in [3.05, 3.63) is 53.6 Å². The zero-order chi connectivity index (χ0) is 21.6. The summed E-state index contributed by atoms with van der Waals surface area (Å²) in [6.45, 7) is 2.58. The molecule has 0 unspecified atom stereocenters. The molecule has 1 aliphatic rings. The molecule has 0 bridgehead atoms. The molecule has 162 valence electrons. The Labute approximate surface area is 183 Å². The quantitative estimate of drug-likeness (QED) is 0.665. The Bertz CT molecular complexity index is 958. The number of benzene rings is 2. The molecule has 6 nitrogen and oxygen atoms in total. The lowest BCUT2D eigenvalue weighted by molar-refractivity contribution is -0.124. The molecule has 0 aliphatic carbocycles. The van der Waals surface area contributed by atoms with Crippen molar-refractivity contribution in [1.29, 1.82) is 0 Å². The van der Waals surface area contributed by atoms with Gasteiger partial charge in [-0.05, 0) is 42.5 Å². The molecule has 1 fully saturated rings. The Balaban J connectivity index is 1.47. The van der Waals surface area contributed by atoms with Crippen LogP contribution >= 0.6 is 11.6 Å². The van der Waals surface area contributed by atoms with Crippen molar-refractivity contribution in [3.8, 4) is 16.9 Å². The van der Waals surface area contributed by atoms with Crippen molar-refractivity contribution < 1.29 is 17.9 Å². The molecule has 0 aromatic heterocycles. The first kappa shape index (κ1) is 22.6. The van der Waals surface area contributed by atoms with Crippen molar-refractivity contribution in [2.75, 3.05) is 25.4 Å². The van der Waals surface area contributed by atoms with Gasteiger partial charge in [-0.1, -0.05) is 54.9 Å². The normalized spacial score (nSPS) is 15.7. The van der Waals surface area contributed by atoms with Crippen molar-refractivity contribution in [2.45, 2.75) is 32.2 Å². The molecule has 0 radical (unpaired) electrons. The third-order valence-corrected chi connectivity index (χ3v) is 7.44. The predicted molar refractivity (Wildman–Crippen MR) is 119 cm³/mol. The first-order chi connectivity index (χ1) is 14.4. The number of piperidine rings is 1. The van der Waals surface area contributed by atoms with Crippen LogP contribution in [0.1, 0.15) is 26.2 Å². The highest BCUT2D eigenvalue weighted by atomic mass is 35.5. The van der Waals surface area contributed by atoms with Crippen LogP contribution in [0.2, 0.25) is 5.02 Å². The van der Waals surface area contributed by atoms with E-state index in [0.29, 0.717) is 43.1 Å². The molecule has 1 aliphatic heterocycles. The van der Waals surface area contributed by atoms with Crippen molar-refractivity contribution in [3.63, 3.8) is 0 Å². The fourth-order valence-electron chi connectivity index (χ4n) is 3.51. The van der Waals surface area contributed by atoms with Gasteiger partial charge < -0.3 is 10.1 Å². The first-order valence-electron chi connectivity index (χ1n) is 10.1. The van der Waals surface area contributed by atoms with Crippen LogP contribution in [0.25, 0.3) is 11.1 Å². The summed E-state index contributed by atoms with van der Waals surface area (Å²) in [5, 5.41) is 3.36. The lowest BCUT2D eigenvalue weighted by Crippen LogP contribution is -2.47. The topological polar surface area (TPSA) is 75.7 Å². The molecule has 1 amide bonds. The Morgan fingerprint density at radius 3 is 2.47 bits per heavy atom. The van der Waals surface area contributed by atoms with Crippen LogP contribution in [0.15, 0.2) is 48.5 Å². The Hall–Kier alpha value is -2.09. The van der Waals surface area contributed by atoms with Gasteiger partial charge in [0, 0.05) is 19.1 Å². The summed E-state index contributed by atoms with van der Waals surface area (Å²) in [6.07, 6.45) is 1.80. The molecule has 0 saturated carbocycles. The average Bonchev–Trinajstić information content (AvgIpc) is 2.74. The van der Waals surface area contributed by atoms with E-state index in [2.05, 4.69) is 5.32 Å². The number of carbonyl (C=O) groups excluding carboxylic acids is 1. The SMILES string of the molecule is CCCS(=O)(=O)N1CCC(NC(=O)COc2ccc(-c3ccccc3)cc2Cl)CC1. The number of nitrogens with one attached hydrogen (secondary N) is 1. The van der Waals surface area contributed by atoms with E-state index in [1.165, 1.54) is 4.31 Å². The second-order valence-corrected chi connectivity index (χ2v) is 9.85. The first-order valence-corrected chi connectivity index (χ1v) is 12.1. The van der Waals surface area contributed by atoms with Crippen LogP contribution in [-0.2, 0) is 14.8 Å². The molecule has 0 atom stereocenters. The molecular formula is C22H27ClN2O4S. The van der Waals surface area contributed by atoms with Crippen LogP contribution in [0.5, 0.6) is 5.75 Å². The molecule has 1 N–H and O–H groups in total. The maximum atomic E-state index is 12.3. The van der Waals surface area contributed by atoms with Gasteiger partial charge in [0.15, 0.2) is 6.61 Å². The van der Waals surface area contributed by atoms with Gasteiger partial charge in [0.2, 0.25) is 10.0 Å². The summed E-state index contributed by atoms with van der Waals surface area (Å²) in [6, 6.07) is 15.3. The van der Waals surface area contributed by atoms with Gasteiger partial charge >= 0.3 is 0 Å². The highest BCUT2D eigenvalue weighted by molar-refractivity contribution is 7.89. The van der Waals surface area contributed by atoms with E-state index in [4.69, 9.17) is 16.3 Å². The smallest absolute Gasteiger partial charge is 0.258 e. The highest BCUT2D eigenvalue weighted by Gasteiger charge is 2.28. The number of rotatable bonds is 8. The molecule has 1 saturated heterocycles. The van der Waals surface area contributed by atoms with E-state index in [1.807, 2.05) is 49.4 Å². The van der Waals surface area contributed by atoms with Crippen molar-refractivity contribution >= 4 is 27.5 Å². The Kier molecular flexibility index (Phi) is 7.75. The second kappa shape index (κ2) is 10.3. The van der Waals surface area contributed by atoms with Gasteiger partial charge in [-0.3, -0.25) is 4.79 Å². The third kappa shape index (κ3) is 5.97. The maximum absolute atomic E-state index is 12.3. The zero-order valence-corrected chi connectivity index (χ0v) is 18.6. The maximum Gasteiger partial charge on any atom is 0.258 e. The van der Waals surface area contributed by atoms with Gasteiger partial charge in [-0.25, -0.2) is 12.7 Å². The molecule has 0 spiro atoms. The predicted octanol–water partition coefficient (Wildman–Crippen LogP) is 3.71. The minimum Gasteiger partial charge on any atom is -0.482 e. The standard InChI is InChI=1S/C22H27ClN2O4S/c1-2-14-30(27,28)25-12-10-19(11-13-25)24-22(26)16-29-21-9-8-18(15-20(21)23)17-6-4-3-5-7-17/h3-9,15,19H,2,10-14,16H2,1H3,(H,24,26). The molecule has 3 rings (SSSR count). The monoisotopic (exact) mass is 450 g/mol. The minimum atomic E-state index is -3.18. The average molecular weight is 451 g/mol. The molecule has 2 aromatic carbocycles. The summed E-state index contributed by atoms with van der Waals surface area (Å²) >= 11 is 6.32. The number of halogens is 1. The van der Waals surface area contributed by atoms with Gasteiger partial charge in [0.05, 0.1) is 10.8 Å². The number of hydrogen-bond donors (Lipinski definition) is 1. The number of ether oxygens (including phenoxy) is 1. The summed E-state index contributed by atoms with van der Waals surface area (Å²) < 4.78 is 31.4. The number of nitrogens with zero attached hydrogens (tertiary/aromatic N) is 1. The molecule has 8 heteroatoms. The van der Waals surface area contributed by atoms with Gasteiger partial charge in [-0.2, -0.15) is 0 Å². The third-order valence-electron chi connectivity index (χ3n) is 5.07. The summed E-state index contributed by atoms with van der Waals surface area (Å²) in [5.74, 6) is 0.377. The number of hydrogen-bond acceptors (Lipinski definition) is 4. The molecule has 2 aromatic rings. The number of amides is 1. The molecule has 1 heterocycles. The summed E-state index contributed by atoms with van der Waals surface area (Å²) in [5.41, 5.74) is 2.03. The Morgan fingerprint density at radius 2 is 1.83 bits per heavy atom.